The summed E-state index contributed by atoms with van der Waals surface area (Å²) < 4.78 is 7.18. The van der Waals surface area contributed by atoms with E-state index >= 15 is 0 Å². The molecule has 7 nitrogen and oxygen atoms in total. The number of fused-ring (bicyclic) bond motifs is 1. The number of thiophene rings is 1. The molecule has 0 spiro atoms. The van der Waals surface area contributed by atoms with Crippen molar-refractivity contribution < 1.29 is 14.3 Å². The van der Waals surface area contributed by atoms with Crippen LogP contribution in [0.2, 0.25) is 0 Å². The van der Waals surface area contributed by atoms with Crippen LogP contribution in [0, 0.1) is 25.2 Å². The summed E-state index contributed by atoms with van der Waals surface area (Å²) in [6.45, 7) is 3.93. The van der Waals surface area contributed by atoms with Gasteiger partial charge in [-0.25, -0.2) is 10.2 Å². The maximum absolute atomic E-state index is 12.7. The van der Waals surface area contributed by atoms with E-state index in [9.17, 15) is 14.9 Å². The van der Waals surface area contributed by atoms with Crippen molar-refractivity contribution in [3.63, 3.8) is 0 Å². The number of hydrogen-bond acceptors (Lipinski definition) is 6. The van der Waals surface area contributed by atoms with Crippen LogP contribution in [0.25, 0.3) is 5.00 Å². The number of carbonyl (C=O) groups excluding carboxylic acids is 2. The third kappa shape index (κ3) is 4.39. The van der Waals surface area contributed by atoms with Crippen molar-refractivity contribution in [1.29, 1.82) is 5.26 Å². The van der Waals surface area contributed by atoms with Crippen LogP contribution in [0.1, 0.15) is 62.1 Å². The fourth-order valence-corrected chi connectivity index (χ4v) is 5.90. The molecule has 0 saturated carbocycles. The number of nitriles is 1. The van der Waals surface area contributed by atoms with E-state index in [0.717, 1.165) is 53.2 Å². The summed E-state index contributed by atoms with van der Waals surface area (Å²) in [6.07, 6.45) is 5.63. The molecular weight excluding hydrogens is 448 g/mol. The van der Waals surface area contributed by atoms with E-state index in [1.807, 2.05) is 32.0 Å². The Labute approximate surface area is 202 Å². The van der Waals surface area contributed by atoms with Crippen molar-refractivity contribution in [1.82, 2.24) is 9.99 Å². The third-order valence-corrected chi connectivity index (χ3v) is 7.40. The van der Waals surface area contributed by atoms with Gasteiger partial charge in [-0.05, 0) is 56.7 Å². The molecule has 1 aromatic carbocycles. The van der Waals surface area contributed by atoms with Gasteiger partial charge in [-0.1, -0.05) is 30.3 Å². The number of nitrogens with one attached hydrogen (secondary N) is 1. The van der Waals surface area contributed by atoms with Crippen LogP contribution in [0.5, 0.6) is 0 Å². The zero-order valence-electron chi connectivity index (χ0n) is 19.4. The van der Waals surface area contributed by atoms with Crippen molar-refractivity contribution >= 4 is 29.4 Å². The Hall–Kier alpha value is -3.70. The second-order valence-electron chi connectivity index (χ2n) is 8.25. The van der Waals surface area contributed by atoms with Gasteiger partial charge in [-0.15, -0.1) is 11.3 Å². The molecule has 174 valence electrons. The van der Waals surface area contributed by atoms with E-state index in [-0.39, 0.29) is 5.97 Å². The Bertz CT molecular complexity index is 1300. The largest absolute Gasteiger partial charge is 0.465 e. The average molecular weight is 475 g/mol. The van der Waals surface area contributed by atoms with Gasteiger partial charge in [-0.2, -0.15) is 10.4 Å². The zero-order chi connectivity index (χ0) is 24.2. The molecule has 2 heterocycles. The normalized spacial score (nSPS) is 13.8. The van der Waals surface area contributed by atoms with Gasteiger partial charge in [0.25, 0.3) is 5.91 Å². The molecule has 1 aliphatic carbocycles. The summed E-state index contributed by atoms with van der Waals surface area (Å²) in [6, 6.07) is 12.9. The maximum atomic E-state index is 12.7. The number of hydrazone groups is 1. The summed E-state index contributed by atoms with van der Waals surface area (Å²) >= 11 is 1.65. The number of amides is 1. The van der Waals surface area contributed by atoms with Crippen LogP contribution in [-0.4, -0.2) is 29.8 Å². The molecule has 1 aliphatic rings. The number of nitrogens with zero attached hydrogens (tertiary/aromatic N) is 3. The molecule has 0 saturated heterocycles. The van der Waals surface area contributed by atoms with Crippen LogP contribution in [-0.2, 0) is 22.4 Å². The highest BCUT2D eigenvalue weighted by Gasteiger charge is 2.28. The second-order valence-corrected chi connectivity index (χ2v) is 9.34. The molecular formula is C26H26N4O3S. The van der Waals surface area contributed by atoms with Crippen molar-refractivity contribution in [3.8, 4) is 11.1 Å². The number of hydrogen-bond donors (Lipinski definition) is 1. The third-order valence-electron chi connectivity index (χ3n) is 6.12. The van der Waals surface area contributed by atoms with Crippen LogP contribution in [0.3, 0.4) is 0 Å². The quantitative estimate of drug-likeness (QED) is 0.321. The van der Waals surface area contributed by atoms with Crippen molar-refractivity contribution in [2.24, 2.45) is 5.10 Å². The Morgan fingerprint density at radius 2 is 1.97 bits per heavy atom. The van der Waals surface area contributed by atoms with Crippen molar-refractivity contribution in [2.45, 2.75) is 45.4 Å². The van der Waals surface area contributed by atoms with Gasteiger partial charge in [0.05, 0.1) is 25.0 Å². The number of methoxy groups -OCH3 is 1. The Balaban J connectivity index is 1.61. The van der Waals surface area contributed by atoms with Gasteiger partial charge in [0.2, 0.25) is 0 Å². The minimum absolute atomic E-state index is 0.312. The monoisotopic (exact) mass is 474 g/mol. The molecule has 1 atom stereocenters. The van der Waals surface area contributed by atoms with Gasteiger partial charge in [0.15, 0.2) is 5.92 Å². The zero-order valence-corrected chi connectivity index (χ0v) is 20.2. The smallest absolute Gasteiger partial charge is 0.341 e. The number of ether oxygens (including phenoxy) is 1. The predicted octanol–water partition coefficient (Wildman–Crippen LogP) is 4.58. The van der Waals surface area contributed by atoms with Gasteiger partial charge < -0.3 is 9.30 Å². The number of rotatable bonds is 6. The van der Waals surface area contributed by atoms with E-state index in [1.165, 1.54) is 12.0 Å². The highest BCUT2D eigenvalue weighted by Crippen LogP contribution is 2.39. The lowest BCUT2D eigenvalue weighted by molar-refractivity contribution is -0.121. The second kappa shape index (κ2) is 10.1. The molecule has 0 unspecified atom stereocenters. The number of esters is 1. The van der Waals surface area contributed by atoms with E-state index in [1.54, 1.807) is 41.8 Å². The molecule has 1 N–H and O–H groups in total. The first-order valence-electron chi connectivity index (χ1n) is 11.2. The molecule has 0 aliphatic heterocycles. The van der Waals surface area contributed by atoms with E-state index < -0.39 is 11.8 Å². The van der Waals surface area contributed by atoms with Crippen LogP contribution in [0.15, 0.2) is 41.5 Å². The average Bonchev–Trinajstić information content (AvgIpc) is 3.36. The lowest BCUT2D eigenvalue weighted by atomic mass is 9.95. The van der Waals surface area contributed by atoms with E-state index in [4.69, 9.17) is 4.74 Å². The van der Waals surface area contributed by atoms with Crippen molar-refractivity contribution in [3.05, 3.63) is 74.9 Å². The highest BCUT2D eigenvalue weighted by molar-refractivity contribution is 7.15. The Morgan fingerprint density at radius 3 is 2.68 bits per heavy atom. The first kappa shape index (κ1) is 23.5. The van der Waals surface area contributed by atoms with Crippen LogP contribution >= 0.6 is 11.3 Å². The van der Waals surface area contributed by atoms with Gasteiger partial charge in [0, 0.05) is 21.8 Å². The summed E-state index contributed by atoms with van der Waals surface area (Å²) in [5.74, 6) is -1.74. The van der Waals surface area contributed by atoms with Gasteiger partial charge in [-0.3, -0.25) is 4.79 Å². The fourth-order valence-electron chi connectivity index (χ4n) is 4.41. The highest BCUT2D eigenvalue weighted by atomic mass is 32.1. The maximum Gasteiger partial charge on any atom is 0.341 e. The van der Waals surface area contributed by atoms with Crippen LogP contribution in [0.4, 0.5) is 0 Å². The van der Waals surface area contributed by atoms with E-state index in [0.29, 0.717) is 11.1 Å². The molecule has 2 aromatic heterocycles. The minimum atomic E-state index is -0.939. The first-order chi connectivity index (χ1) is 16.5. The number of aryl methyl sites for hydroxylation is 2. The summed E-state index contributed by atoms with van der Waals surface area (Å²) in [4.78, 5) is 26.5. The number of benzene rings is 1. The molecule has 0 fully saturated rings. The molecule has 8 heteroatoms. The number of carbonyl (C=O) groups is 2. The standard InChI is InChI=1S/C26H26N4O3S/c1-16-13-19(15-28-29-24(31)21(14-27)18-9-5-4-6-10-18)17(2)30(16)25-23(26(32)33-3)20-11-7-8-12-22(20)34-25/h4-6,9-10,13,15,21H,7-8,11-12H2,1-3H3,(H,29,31)/b28-15-/t21-/m1/s1. The minimum Gasteiger partial charge on any atom is -0.465 e. The van der Waals surface area contributed by atoms with Gasteiger partial charge >= 0.3 is 5.97 Å². The molecule has 3 aromatic rings. The fraction of sp³-hybridized carbons (Fsp3) is 0.308. The Kier molecular flexibility index (Phi) is 6.94. The molecule has 0 bridgehead atoms. The first-order valence-corrected chi connectivity index (χ1v) is 12.0. The lowest BCUT2D eigenvalue weighted by Crippen LogP contribution is -2.24. The van der Waals surface area contributed by atoms with Gasteiger partial charge in [0.1, 0.15) is 5.00 Å². The predicted molar refractivity (Wildman–Crippen MR) is 132 cm³/mol. The van der Waals surface area contributed by atoms with Crippen molar-refractivity contribution in [2.75, 3.05) is 7.11 Å². The molecule has 34 heavy (non-hydrogen) atoms. The SMILES string of the molecule is COC(=O)c1c(-n2c(C)cc(/C=N\NC(=O)[C@H](C#N)c3ccccc3)c2C)sc2c1CCCC2. The molecule has 1 amide bonds. The summed E-state index contributed by atoms with van der Waals surface area (Å²) in [5, 5.41) is 14.4. The summed E-state index contributed by atoms with van der Waals surface area (Å²) in [5.41, 5.74) is 7.53. The summed E-state index contributed by atoms with van der Waals surface area (Å²) in [7, 11) is 1.42. The van der Waals surface area contributed by atoms with Crippen LogP contribution < -0.4 is 5.43 Å². The molecule has 0 radical (unpaired) electrons. The number of aromatic nitrogens is 1. The Morgan fingerprint density at radius 1 is 1.24 bits per heavy atom. The van der Waals surface area contributed by atoms with E-state index in [2.05, 4.69) is 15.1 Å². The molecule has 4 rings (SSSR count). The topological polar surface area (TPSA) is 96.5 Å². The lowest BCUT2D eigenvalue weighted by Gasteiger charge is -2.12.